The molecule has 1 aromatic heterocycles. The number of amides is 4. The number of hydrogen-bond acceptors (Lipinski definition) is 5. The van der Waals surface area contributed by atoms with Gasteiger partial charge in [0.1, 0.15) is 30.0 Å². The highest BCUT2D eigenvalue weighted by Crippen LogP contribution is 2.24. The first-order valence-electron chi connectivity index (χ1n) is 16.4. The third-order valence-corrected chi connectivity index (χ3v) is 9.38. The molecule has 4 amide bonds. The van der Waals surface area contributed by atoms with Crippen molar-refractivity contribution in [3.8, 4) is 0 Å². The Kier molecular flexibility index (Phi) is 11.6. The summed E-state index contributed by atoms with van der Waals surface area (Å²) in [5, 5.41) is 9.91. The Bertz CT molecular complexity index is 1350. The molecule has 1 aromatic carbocycles. The fourth-order valence-electron chi connectivity index (χ4n) is 6.43. The number of unbranched alkanes of at least 4 members (excludes halogenated alkanes) is 2. The lowest BCUT2D eigenvalue weighted by Crippen LogP contribution is -2.64. The molecule has 2 saturated heterocycles. The van der Waals surface area contributed by atoms with Gasteiger partial charge in [0.25, 0.3) is 0 Å². The number of nitrogens with zero attached hydrogens (tertiary/aromatic N) is 2. The van der Waals surface area contributed by atoms with E-state index in [1.54, 1.807) is 4.90 Å². The van der Waals surface area contributed by atoms with Gasteiger partial charge in [-0.15, -0.1) is 0 Å². The Labute approximate surface area is 260 Å². The van der Waals surface area contributed by atoms with Crippen molar-refractivity contribution in [1.82, 2.24) is 25.4 Å². The quantitative estimate of drug-likeness (QED) is 0.337. The van der Waals surface area contributed by atoms with Crippen molar-refractivity contribution in [2.75, 3.05) is 6.54 Å². The van der Waals surface area contributed by atoms with Gasteiger partial charge < -0.3 is 25.4 Å². The van der Waals surface area contributed by atoms with Gasteiger partial charge in [0, 0.05) is 50.0 Å². The molecular formula is C34H49N5O5. The number of carbonyl (C=O) groups is 5. The van der Waals surface area contributed by atoms with Crippen molar-refractivity contribution in [1.29, 1.82) is 0 Å². The van der Waals surface area contributed by atoms with Gasteiger partial charge in [-0.1, -0.05) is 58.2 Å². The lowest BCUT2D eigenvalue weighted by atomic mass is 9.93. The molecule has 44 heavy (non-hydrogen) atoms. The van der Waals surface area contributed by atoms with Crippen molar-refractivity contribution < 1.29 is 24.0 Å². The molecule has 0 spiro atoms. The van der Waals surface area contributed by atoms with Gasteiger partial charge in [0.2, 0.25) is 23.6 Å². The number of para-hydroxylation sites is 1. The molecule has 2 aliphatic rings. The predicted molar refractivity (Wildman–Crippen MR) is 170 cm³/mol. The summed E-state index contributed by atoms with van der Waals surface area (Å²) in [6.45, 7) is 6.18. The second-order valence-corrected chi connectivity index (χ2v) is 12.5. The van der Waals surface area contributed by atoms with Crippen LogP contribution >= 0.6 is 0 Å². The second-order valence-electron chi connectivity index (χ2n) is 12.5. The van der Waals surface area contributed by atoms with Crippen LogP contribution in [-0.2, 0) is 37.4 Å². The van der Waals surface area contributed by atoms with E-state index in [4.69, 9.17) is 0 Å². The number of piperidine rings is 1. The minimum absolute atomic E-state index is 0.165. The van der Waals surface area contributed by atoms with Crippen LogP contribution < -0.4 is 16.0 Å². The van der Waals surface area contributed by atoms with Crippen LogP contribution in [-0.4, -0.2) is 69.6 Å². The molecule has 10 heteroatoms. The Balaban J connectivity index is 1.65. The van der Waals surface area contributed by atoms with Crippen molar-refractivity contribution in [2.45, 2.75) is 116 Å². The van der Waals surface area contributed by atoms with Crippen LogP contribution in [0.3, 0.4) is 0 Å². The number of aromatic nitrogens is 1. The van der Waals surface area contributed by atoms with E-state index in [0.717, 1.165) is 42.1 Å². The van der Waals surface area contributed by atoms with Crippen LogP contribution in [0.25, 0.3) is 10.9 Å². The van der Waals surface area contributed by atoms with E-state index in [9.17, 15) is 24.0 Å². The Morgan fingerprint density at radius 2 is 1.66 bits per heavy atom. The number of fused-ring (bicyclic) bond motifs is 2. The Hall–Kier alpha value is -3.69. The molecule has 5 atom stereocenters. The summed E-state index contributed by atoms with van der Waals surface area (Å²) >= 11 is 0. The largest absolute Gasteiger partial charge is 0.350 e. The van der Waals surface area contributed by atoms with Crippen LogP contribution in [0.2, 0.25) is 0 Å². The first-order valence-corrected chi connectivity index (χ1v) is 16.4. The van der Waals surface area contributed by atoms with Crippen molar-refractivity contribution in [3.05, 3.63) is 36.0 Å². The average molecular weight is 608 g/mol. The predicted octanol–water partition coefficient (Wildman–Crippen LogP) is 3.55. The van der Waals surface area contributed by atoms with Crippen molar-refractivity contribution in [3.63, 3.8) is 0 Å². The summed E-state index contributed by atoms with van der Waals surface area (Å²) in [5.74, 6) is -1.37. The SMILES string of the molecule is CCC(=O)CCCCC[C@@H]1NC(=O)[C@H]2CCCCN2C(=O)[C@H](C(C)CC)NC(=O)[C@H](Cc2cn(C)c3ccccc23)NC1=O. The van der Waals surface area contributed by atoms with E-state index in [1.165, 1.54) is 0 Å². The highest BCUT2D eigenvalue weighted by atomic mass is 16.2. The van der Waals surface area contributed by atoms with Crippen LogP contribution in [0.1, 0.15) is 90.5 Å². The van der Waals surface area contributed by atoms with Crippen molar-refractivity contribution in [2.24, 2.45) is 13.0 Å². The molecule has 2 aliphatic heterocycles. The zero-order valence-electron chi connectivity index (χ0n) is 26.7. The highest BCUT2D eigenvalue weighted by molar-refractivity contribution is 5.98. The van der Waals surface area contributed by atoms with E-state index in [1.807, 2.05) is 62.8 Å². The lowest BCUT2D eigenvalue weighted by molar-refractivity contribution is -0.147. The minimum Gasteiger partial charge on any atom is -0.350 e. The average Bonchev–Trinajstić information content (AvgIpc) is 3.35. The number of nitrogens with one attached hydrogen (secondary N) is 3. The zero-order chi connectivity index (χ0) is 31.8. The monoisotopic (exact) mass is 607 g/mol. The van der Waals surface area contributed by atoms with Gasteiger partial charge in [0.05, 0.1) is 0 Å². The number of hydrogen-bond donors (Lipinski definition) is 3. The number of ketones is 1. The molecule has 240 valence electrons. The van der Waals surface area contributed by atoms with Gasteiger partial charge in [-0.25, -0.2) is 0 Å². The minimum atomic E-state index is -0.953. The maximum atomic E-state index is 14.0. The number of benzene rings is 1. The van der Waals surface area contributed by atoms with E-state index >= 15 is 0 Å². The van der Waals surface area contributed by atoms with E-state index in [2.05, 4.69) is 16.0 Å². The van der Waals surface area contributed by atoms with Crippen molar-refractivity contribution >= 4 is 40.3 Å². The molecule has 3 heterocycles. The number of Topliss-reactive ketones (excluding diaryl/α,β-unsaturated/α-hetero) is 1. The first kappa shape index (κ1) is 33.2. The Morgan fingerprint density at radius 1 is 0.932 bits per heavy atom. The summed E-state index contributed by atoms with van der Waals surface area (Å²) in [6.07, 6.45) is 8.44. The topological polar surface area (TPSA) is 130 Å². The summed E-state index contributed by atoms with van der Waals surface area (Å²) in [5.41, 5.74) is 1.91. The summed E-state index contributed by atoms with van der Waals surface area (Å²) in [4.78, 5) is 68.9. The smallest absolute Gasteiger partial charge is 0.246 e. The molecule has 0 bridgehead atoms. The van der Waals surface area contributed by atoms with Crippen LogP contribution in [0.5, 0.6) is 0 Å². The fraction of sp³-hybridized carbons (Fsp3) is 0.618. The number of carbonyl (C=O) groups excluding carboxylic acids is 5. The molecule has 2 fully saturated rings. The van der Waals surface area contributed by atoms with E-state index in [0.29, 0.717) is 45.1 Å². The molecule has 2 aromatic rings. The van der Waals surface area contributed by atoms with Gasteiger partial charge in [-0.05, 0) is 49.7 Å². The van der Waals surface area contributed by atoms with Crippen LogP contribution in [0.4, 0.5) is 0 Å². The zero-order valence-corrected chi connectivity index (χ0v) is 26.7. The lowest BCUT2D eigenvalue weighted by Gasteiger charge is -2.39. The summed E-state index contributed by atoms with van der Waals surface area (Å²) in [6, 6.07) is 4.58. The van der Waals surface area contributed by atoms with E-state index in [-0.39, 0.29) is 29.9 Å². The highest BCUT2D eigenvalue weighted by Gasteiger charge is 2.40. The normalized spacial score (nSPS) is 24.0. The number of aryl methyl sites for hydroxylation is 1. The maximum Gasteiger partial charge on any atom is 0.246 e. The molecule has 3 N–H and O–H groups in total. The summed E-state index contributed by atoms with van der Waals surface area (Å²) < 4.78 is 1.99. The third-order valence-electron chi connectivity index (χ3n) is 9.38. The van der Waals surface area contributed by atoms with Gasteiger partial charge in [-0.3, -0.25) is 24.0 Å². The first-order chi connectivity index (χ1) is 21.1. The number of rotatable bonds is 11. The van der Waals surface area contributed by atoms with E-state index < -0.39 is 36.0 Å². The molecule has 1 unspecified atom stereocenters. The molecular weight excluding hydrogens is 558 g/mol. The fourth-order valence-corrected chi connectivity index (χ4v) is 6.43. The maximum absolute atomic E-state index is 14.0. The van der Waals surface area contributed by atoms with Gasteiger partial charge >= 0.3 is 0 Å². The second kappa shape index (κ2) is 15.3. The third kappa shape index (κ3) is 7.87. The van der Waals surface area contributed by atoms with Gasteiger partial charge in [-0.2, -0.15) is 0 Å². The van der Waals surface area contributed by atoms with Crippen LogP contribution in [0, 0.1) is 5.92 Å². The molecule has 0 aliphatic carbocycles. The summed E-state index contributed by atoms with van der Waals surface area (Å²) in [7, 11) is 1.94. The van der Waals surface area contributed by atoms with Crippen LogP contribution in [0.15, 0.2) is 30.5 Å². The molecule has 0 radical (unpaired) electrons. The molecule has 4 rings (SSSR count). The van der Waals surface area contributed by atoms with Gasteiger partial charge in [0.15, 0.2) is 0 Å². The Morgan fingerprint density at radius 3 is 2.41 bits per heavy atom. The molecule has 10 nitrogen and oxygen atoms in total. The standard InChI is InChI=1S/C34H49N5O5/c1-5-22(3)30-34(44)39-19-13-12-18-29(39)33(43)35-26(16-9-7-8-14-24(40)6-2)31(41)36-27(32(42)37-30)20-23-21-38(4)28-17-11-10-15-25(23)28/h10-11,15,17,21-22,26-27,29-30H,5-9,12-14,16,18-20H2,1-4H3,(H,35,43)(H,36,41)(H,37,42)/t22?,26-,27-,29+,30-/m0/s1. The molecule has 0 saturated carbocycles.